The second-order valence-corrected chi connectivity index (χ2v) is 4.70. The van der Waals surface area contributed by atoms with Crippen molar-refractivity contribution in [3.63, 3.8) is 0 Å². The molecule has 7 heteroatoms. The number of amides is 1. The summed E-state index contributed by atoms with van der Waals surface area (Å²) in [5, 5.41) is 2.46. The molecule has 0 bridgehead atoms. The van der Waals surface area contributed by atoms with Gasteiger partial charge in [0.15, 0.2) is 0 Å². The molecule has 1 amide bonds. The van der Waals surface area contributed by atoms with E-state index in [-0.39, 0.29) is 12.2 Å². The molecule has 3 nitrogen and oxygen atoms in total. The van der Waals surface area contributed by atoms with Gasteiger partial charge in [-0.05, 0) is 36.2 Å². The van der Waals surface area contributed by atoms with Crippen molar-refractivity contribution in [2.75, 3.05) is 0 Å². The number of nitrogens with one attached hydrogen (secondary N) is 1. The first-order valence-electron chi connectivity index (χ1n) is 6.34. The first kappa shape index (κ1) is 15.9. The second-order valence-electron chi connectivity index (χ2n) is 4.70. The van der Waals surface area contributed by atoms with Gasteiger partial charge in [-0.25, -0.2) is 9.37 Å². The van der Waals surface area contributed by atoms with Gasteiger partial charge in [-0.2, -0.15) is 13.2 Å². The van der Waals surface area contributed by atoms with Crippen LogP contribution in [0, 0.1) is 12.7 Å². The fourth-order valence-electron chi connectivity index (χ4n) is 1.90. The summed E-state index contributed by atoms with van der Waals surface area (Å²) in [5.74, 6) is -1.14. The van der Waals surface area contributed by atoms with Crippen molar-refractivity contribution in [1.82, 2.24) is 10.3 Å². The number of rotatable bonds is 3. The molecule has 0 spiro atoms. The van der Waals surface area contributed by atoms with Crippen LogP contribution in [0.2, 0.25) is 0 Å². The quantitative estimate of drug-likeness (QED) is 0.882. The SMILES string of the molecule is Cc1cc(F)cnc1C(=O)NCc1cccc(C(F)(F)F)c1. The topological polar surface area (TPSA) is 42.0 Å². The third-order valence-corrected chi connectivity index (χ3v) is 2.97. The van der Waals surface area contributed by atoms with Crippen LogP contribution in [0.4, 0.5) is 17.6 Å². The van der Waals surface area contributed by atoms with Crippen molar-refractivity contribution in [2.24, 2.45) is 0 Å². The normalized spacial score (nSPS) is 11.3. The Hall–Kier alpha value is -2.44. The molecule has 1 N–H and O–H groups in total. The first-order chi connectivity index (χ1) is 10.3. The molecule has 0 saturated heterocycles. The van der Waals surface area contributed by atoms with E-state index in [2.05, 4.69) is 10.3 Å². The van der Waals surface area contributed by atoms with E-state index in [0.29, 0.717) is 11.1 Å². The molecule has 2 rings (SSSR count). The highest BCUT2D eigenvalue weighted by Gasteiger charge is 2.30. The van der Waals surface area contributed by atoms with Crippen molar-refractivity contribution >= 4 is 5.91 Å². The minimum absolute atomic E-state index is 0.0355. The molecule has 22 heavy (non-hydrogen) atoms. The predicted molar refractivity (Wildman–Crippen MR) is 71.5 cm³/mol. The molecular formula is C15H12F4N2O. The van der Waals surface area contributed by atoms with E-state index in [9.17, 15) is 22.4 Å². The zero-order valence-corrected chi connectivity index (χ0v) is 11.5. The Balaban J connectivity index is 2.08. The summed E-state index contributed by atoms with van der Waals surface area (Å²) in [7, 11) is 0. The summed E-state index contributed by atoms with van der Waals surface area (Å²) in [4.78, 5) is 15.6. The Morgan fingerprint density at radius 3 is 2.64 bits per heavy atom. The highest BCUT2D eigenvalue weighted by Crippen LogP contribution is 2.29. The van der Waals surface area contributed by atoms with Crippen molar-refractivity contribution < 1.29 is 22.4 Å². The molecular weight excluding hydrogens is 300 g/mol. The molecule has 0 atom stereocenters. The molecule has 0 radical (unpaired) electrons. The van der Waals surface area contributed by atoms with Crippen LogP contribution in [-0.2, 0) is 12.7 Å². The maximum atomic E-state index is 12.9. The van der Waals surface area contributed by atoms with Gasteiger partial charge >= 0.3 is 6.18 Å². The minimum atomic E-state index is -4.44. The molecule has 2 aromatic rings. The molecule has 0 unspecified atom stereocenters. The van der Waals surface area contributed by atoms with Crippen LogP contribution in [0.3, 0.4) is 0 Å². The number of nitrogens with zero attached hydrogens (tertiary/aromatic N) is 1. The average Bonchev–Trinajstić information content (AvgIpc) is 2.44. The van der Waals surface area contributed by atoms with Gasteiger partial charge in [0.05, 0.1) is 11.8 Å². The Bertz CT molecular complexity index is 698. The van der Waals surface area contributed by atoms with Crippen LogP contribution in [0.25, 0.3) is 0 Å². The Morgan fingerprint density at radius 1 is 1.27 bits per heavy atom. The smallest absolute Gasteiger partial charge is 0.347 e. The predicted octanol–water partition coefficient (Wildman–Crippen LogP) is 3.48. The number of carbonyl (C=O) groups excluding carboxylic acids is 1. The van der Waals surface area contributed by atoms with E-state index < -0.39 is 23.5 Å². The number of aryl methyl sites for hydroxylation is 1. The molecule has 0 aliphatic heterocycles. The van der Waals surface area contributed by atoms with E-state index in [4.69, 9.17) is 0 Å². The summed E-state index contributed by atoms with van der Waals surface area (Å²) in [6.07, 6.45) is -3.53. The van der Waals surface area contributed by atoms with Crippen molar-refractivity contribution in [3.8, 4) is 0 Å². The number of halogens is 4. The van der Waals surface area contributed by atoms with E-state index in [0.717, 1.165) is 24.4 Å². The molecule has 0 aliphatic rings. The Morgan fingerprint density at radius 2 is 2.00 bits per heavy atom. The van der Waals surface area contributed by atoms with E-state index in [1.165, 1.54) is 19.1 Å². The van der Waals surface area contributed by atoms with Gasteiger partial charge in [-0.3, -0.25) is 4.79 Å². The Kier molecular flexibility index (Phi) is 4.44. The number of pyridine rings is 1. The summed E-state index contributed by atoms with van der Waals surface area (Å²) in [5.41, 5.74) is -0.0896. The highest BCUT2D eigenvalue weighted by molar-refractivity contribution is 5.93. The second kappa shape index (κ2) is 6.13. The number of hydrogen-bond acceptors (Lipinski definition) is 2. The average molecular weight is 312 g/mol. The van der Waals surface area contributed by atoms with Crippen LogP contribution in [-0.4, -0.2) is 10.9 Å². The molecule has 1 aromatic heterocycles. The van der Waals surface area contributed by atoms with Crippen molar-refractivity contribution in [2.45, 2.75) is 19.6 Å². The standard InChI is InChI=1S/C15H12F4N2O/c1-9-5-12(16)8-20-13(9)14(22)21-7-10-3-2-4-11(6-10)15(17,18)19/h2-6,8H,7H2,1H3,(H,21,22). The monoisotopic (exact) mass is 312 g/mol. The van der Waals surface area contributed by atoms with Crippen LogP contribution < -0.4 is 5.32 Å². The third kappa shape index (κ3) is 3.81. The number of benzene rings is 1. The zero-order chi connectivity index (χ0) is 16.3. The molecule has 0 aliphatic carbocycles. The fourth-order valence-corrected chi connectivity index (χ4v) is 1.90. The highest BCUT2D eigenvalue weighted by atomic mass is 19.4. The lowest BCUT2D eigenvalue weighted by atomic mass is 10.1. The first-order valence-corrected chi connectivity index (χ1v) is 6.34. The van der Waals surface area contributed by atoms with E-state index in [1.54, 1.807) is 0 Å². The van der Waals surface area contributed by atoms with Crippen LogP contribution in [0.5, 0.6) is 0 Å². The lowest BCUT2D eigenvalue weighted by Crippen LogP contribution is -2.25. The summed E-state index contributed by atoms with van der Waals surface area (Å²) in [6, 6.07) is 5.82. The van der Waals surface area contributed by atoms with Gasteiger partial charge in [0.2, 0.25) is 0 Å². The summed E-state index contributed by atoms with van der Waals surface area (Å²) >= 11 is 0. The number of aromatic nitrogens is 1. The van der Waals surface area contributed by atoms with E-state index in [1.807, 2.05) is 0 Å². The maximum Gasteiger partial charge on any atom is 0.416 e. The van der Waals surface area contributed by atoms with Crippen molar-refractivity contribution in [3.05, 3.63) is 64.7 Å². The van der Waals surface area contributed by atoms with Gasteiger partial charge in [0, 0.05) is 6.54 Å². The molecule has 1 aromatic carbocycles. The van der Waals surface area contributed by atoms with Gasteiger partial charge in [-0.1, -0.05) is 12.1 Å². The Labute approximate surface area is 124 Å². The molecule has 1 heterocycles. The minimum Gasteiger partial charge on any atom is -0.347 e. The van der Waals surface area contributed by atoms with Gasteiger partial charge in [0.25, 0.3) is 5.91 Å². The van der Waals surface area contributed by atoms with Crippen LogP contribution >= 0.6 is 0 Å². The van der Waals surface area contributed by atoms with Gasteiger partial charge in [0.1, 0.15) is 11.5 Å². The third-order valence-electron chi connectivity index (χ3n) is 2.97. The summed E-state index contributed by atoms with van der Waals surface area (Å²) < 4.78 is 50.7. The van der Waals surface area contributed by atoms with Crippen LogP contribution in [0.1, 0.15) is 27.2 Å². The van der Waals surface area contributed by atoms with Gasteiger partial charge in [-0.15, -0.1) is 0 Å². The number of alkyl halides is 3. The fraction of sp³-hybridized carbons (Fsp3) is 0.200. The van der Waals surface area contributed by atoms with E-state index >= 15 is 0 Å². The lowest BCUT2D eigenvalue weighted by molar-refractivity contribution is -0.137. The molecule has 0 saturated carbocycles. The summed E-state index contributed by atoms with van der Waals surface area (Å²) in [6.45, 7) is 1.44. The molecule has 0 fully saturated rings. The number of carbonyl (C=O) groups is 1. The van der Waals surface area contributed by atoms with Gasteiger partial charge < -0.3 is 5.32 Å². The van der Waals surface area contributed by atoms with Crippen molar-refractivity contribution in [1.29, 1.82) is 0 Å². The zero-order valence-electron chi connectivity index (χ0n) is 11.5. The maximum absolute atomic E-state index is 12.9. The number of hydrogen-bond donors (Lipinski definition) is 1. The largest absolute Gasteiger partial charge is 0.416 e. The lowest BCUT2D eigenvalue weighted by Gasteiger charge is -2.10. The molecule has 116 valence electrons. The van der Waals surface area contributed by atoms with Crippen LogP contribution in [0.15, 0.2) is 36.5 Å².